The third-order valence-electron chi connectivity index (χ3n) is 4.54. The van der Waals surface area contributed by atoms with Gasteiger partial charge in [-0.2, -0.15) is 0 Å². The van der Waals surface area contributed by atoms with Crippen LogP contribution in [0.3, 0.4) is 0 Å². The van der Waals surface area contributed by atoms with Crippen LogP contribution < -0.4 is 10.5 Å². The van der Waals surface area contributed by atoms with Crippen LogP contribution in [0.25, 0.3) is 0 Å². The first kappa shape index (κ1) is 20.1. The Balaban J connectivity index is 2.08. The topological polar surface area (TPSA) is 72.6 Å². The molecule has 1 unspecified atom stereocenters. The number of carbonyl (C=O) groups excluding carboxylic acids is 2. The SMILES string of the molecule is CCCC(CC(=O)N1CCC[C@H]1C(N)=O)c1ccc(OC(F)(F)F)cc1. The fourth-order valence-corrected chi connectivity index (χ4v) is 3.37. The molecular formula is C18H23F3N2O3. The Morgan fingerprint density at radius 3 is 2.50 bits per heavy atom. The molecule has 26 heavy (non-hydrogen) atoms. The second-order valence-corrected chi connectivity index (χ2v) is 6.45. The van der Waals surface area contributed by atoms with Crippen LogP contribution in [0.1, 0.15) is 50.5 Å². The van der Waals surface area contributed by atoms with Gasteiger partial charge in [-0.25, -0.2) is 0 Å². The monoisotopic (exact) mass is 372 g/mol. The first-order valence-corrected chi connectivity index (χ1v) is 8.65. The number of alkyl halides is 3. The van der Waals surface area contributed by atoms with Crippen LogP contribution in [-0.2, 0) is 9.59 Å². The van der Waals surface area contributed by atoms with Crippen molar-refractivity contribution in [2.75, 3.05) is 6.54 Å². The molecule has 0 saturated carbocycles. The first-order valence-electron chi connectivity index (χ1n) is 8.65. The molecule has 8 heteroatoms. The van der Waals surface area contributed by atoms with Gasteiger partial charge in [-0.1, -0.05) is 25.5 Å². The zero-order valence-corrected chi connectivity index (χ0v) is 14.6. The van der Waals surface area contributed by atoms with E-state index in [0.717, 1.165) is 18.4 Å². The van der Waals surface area contributed by atoms with E-state index in [1.165, 1.54) is 17.0 Å². The lowest BCUT2D eigenvalue weighted by Gasteiger charge is -2.25. The van der Waals surface area contributed by atoms with E-state index in [-0.39, 0.29) is 24.0 Å². The lowest BCUT2D eigenvalue weighted by atomic mass is 9.90. The van der Waals surface area contributed by atoms with E-state index >= 15 is 0 Å². The van der Waals surface area contributed by atoms with Crippen LogP contribution in [0.5, 0.6) is 5.75 Å². The molecule has 2 amide bonds. The lowest BCUT2D eigenvalue weighted by Crippen LogP contribution is -2.44. The summed E-state index contributed by atoms with van der Waals surface area (Å²) in [5.41, 5.74) is 6.12. The summed E-state index contributed by atoms with van der Waals surface area (Å²) in [4.78, 5) is 25.6. The van der Waals surface area contributed by atoms with Gasteiger partial charge < -0.3 is 15.4 Å². The zero-order chi connectivity index (χ0) is 19.3. The molecule has 0 aromatic heterocycles. The summed E-state index contributed by atoms with van der Waals surface area (Å²) in [7, 11) is 0. The van der Waals surface area contributed by atoms with Crippen LogP contribution in [0.2, 0.25) is 0 Å². The lowest BCUT2D eigenvalue weighted by molar-refractivity contribution is -0.274. The van der Waals surface area contributed by atoms with Crippen molar-refractivity contribution in [2.45, 2.75) is 57.3 Å². The van der Waals surface area contributed by atoms with E-state index < -0.39 is 18.3 Å². The summed E-state index contributed by atoms with van der Waals surface area (Å²) in [6.07, 6.45) is -1.71. The van der Waals surface area contributed by atoms with E-state index in [4.69, 9.17) is 5.73 Å². The normalized spacial score (nSPS) is 18.6. The van der Waals surface area contributed by atoms with Crippen molar-refractivity contribution in [3.05, 3.63) is 29.8 Å². The standard InChI is InChI=1S/C18H23F3N2O3/c1-2-4-13(11-16(24)23-10-3-5-15(23)17(22)25)12-6-8-14(9-7-12)26-18(19,20)21/h6-9,13,15H,2-5,10-11H2,1H3,(H2,22,25)/t13?,15-/m0/s1. The highest BCUT2D eigenvalue weighted by atomic mass is 19.4. The van der Waals surface area contributed by atoms with Gasteiger partial charge in [0.25, 0.3) is 0 Å². The summed E-state index contributed by atoms with van der Waals surface area (Å²) in [5, 5.41) is 0. The highest BCUT2D eigenvalue weighted by Crippen LogP contribution is 2.30. The quantitative estimate of drug-likeness (QED) is 0.798. The number of nitrogens with zero attached hydrogens (tertiary/aromatic N) is 1. The molecule has 0 spiro atoms. The molecule has 0 bridgehead atoms. The minimum Gasteiger partial charge on any atom is -0.406 e. The predicted octanol–water partition coefficient (Wildman–Crippen LogP) is 3.34. The van der Waals surface area contributed by atoms with Crippen molar-refractivity contribution in [2.24, 2.45) is 5.73 Å². The Bertz CT molecular complexity index is 632. The minimum absolute atomic E-state index is 0.137. The third kappa shape index (κ3) is 5.37. The molecular weight excluding hydrogens is 349 g/mol. The van der Waals surface area contributed by atoms with Crippen molar-refractivity contribution in [3.8, 4) is 5.75 Å². The Hall–Kier alpha value is -2.25. The fraction of sp³-hybridized carbons (Fsp3) is 0.556. The Morgan fingerprint density at radius 2 is 1.96 bits per heavy atom. The number of ether oxygens (including phenoxy) is 1. The number of amides is 2. The van der Waals surface area contributed by atoms with Gasteiger partial charge in [0.1, 0.15) is 11.8 Å². The summed E-state index contributed by atoms with van der Waals surface area (Å²) in [6.45, 7) is 2.48. The number of carbonyl (C=O) groups is 2. The number of nitrogens with two attached hydrogens (primary N) is 1. The summed E-state index contributed by atoms with van der Waals surface area (Å²) in [6, 6.07) is 5.03. The van der Waals surface area contributed by atoms with Crippen molar-refractivity contribution in [1.82, 2.24) is 4.90 Å². The zero-order valence-electron chi connectivity index (χ0n) is 14.6. The summed E-state index contributed by atoms with van der Waals surface area (Å²) >= 11 is 0. The number of rotatable bonds is 7. The predicted molar refractivity (Wildman–Crippen MR) is 89.3 cm³/mol. The highest BCUT2D eigenvalue weighted by Gasteiger charge is 2.34. The van der Waals surface area contributed by atoms with Gasteiger partial charge in [0, 0.05) is 13.0 Å². The van der Waals surface area contributed by atoms with Crippen LogP contribution >= 0.6 is 0 Å². The molecule has 2 N–H and O–H groups in total. The maximum absolute atomic E-state index is 12.6. The Morgan fingerprint density at radius 1 is 1.31 bits per heavy atom. The molecule has 1 aromatic carbocycles. The third-order valence-corrected chi connectivity index (χ3v) is 4.54. The van der Waals surface area contributed by atoms with Crippen LogP contribution in [0, 0.1) is 0 Å². The molecule has 5 nitrogen and oxygen atoms in total. The molecule has 0 aliphatic carbocycles. The van der Waals surface area contributed by atoms with Crippen LogP contribution in [-0.4, -0.2) is 35.7 Å². The maximum Gasteiger partial charge on any atom is 0.573 e. The van der Waals surface area contributed by atoms with Crippen molar-refractivity contribution in [1.29, 1.82) is 0 Å². The molecule has 1 aliphatic heterocycles. The molecule has 2 rings (SSSR count). The highest BCUT2D eigenvalue weighted by molar-refractivity contribution is 5.87. The molecule has 2 atom stereocenters. The number of hydrogen-bond donors (Lipinski definition) is 1. The minimum atomic E-state index is -4.74. The molecule has 1 heterocycles. The second-order valence-electron chi connectivity index (χ2n) is 6.45. The summed E-state index contributed by atoms with van der Waals surface area (Å²) < 4.78 is 40.6. The first-order chi connectivity index (χ1) is 12.2. The van der Waals surface area contributed by atoms with E-state index in [1.807, 2.05) is 6.92 Å². The van der Waals surface area contributed by atoms with Gasteiger partial charge in [0.15, 0.2) is 0 Å². The smallest absolute Gasteiger partial charge is 0.406 e. The van der Waals surface area contributed by atoms with Gasteiger partial charge in [0.2, 0.25) is 11.8 Å². The van der Waals surface area contributed by atoms with Crippen molar-refractivity contribution < 1.29 is 27.5 Å². The Kier molecular flexibility index (Phi) is 6.50. The molecule has 1 aromatic rings. The van der Waals surface area contributed by atoms with Gasteiger partial charge in [-0.15, -0.1) is 13.2 Å². The van der Waals surface area contributed by atoms with Gasteiger partial charge >= 0.3 is 6.36 Å². The number of primary amides is 1. The van der Waals surface area contributed by atoms with E-state index in [0.29, 0.717) is 19.4 Å². The van der Waals surface area contributed by atoms with E-state index in [2.05, 4.69) is 4.74 Å². The molecule has 1 saturated heterocycles. The molecule has 144 valence electrons. The number of hydrogen-bond acceptors (Lipinski definition) is 3. The van der Waals surface area contributed by atoms with Gasteiger partial charge in [-0.3, -0.25) is 9.59 Å². The number of likely N-dealkylation sites (tertiary alicyclic amines) is 1. The molecule has 1 fully saturated rings. The second kappa shape index (κ2) is 8.42. The van der Waals surface area contributed by atoms with Crippen LogP contribution in [0.4, 0.5) is 13.2 Å². The summed E-state index contributed by atoms with van der Waals surface area (Å²) in [5.74, 6) is -1.09. The van der Waals surface area contributed by atoms with Gasteiger partial charge in [-0.05, 0) is 42.9 Å². The number of halogens is 3. The molecule has 1 aliphatic rings. The average Bonchev–Trinajstić information content (AvgIpc) is 3.03. The average molecular weight is 372 g/mol. The molecule has 0 radical (unpaired) electrons. The number of benzene rings is 1. The van der Waals surface area contributed by atoms with Gasteiger partial charge in [0.05, 0.1) is 0 Å². The Labute approximate surface area is 150 Å². The van der Waals surface area contributed by atoms with E-state index in [9.17, 15) is 22.8 Å². The van der Waals surface area contributed by atoms with Crippen molar-refractivity contribution in [3.63, 3.8) is 0 Å². The van der Waals surface area contributed by atoms with E-state index in [1.54, 1.807) is 12.1 Å². The van der Waals surface area contributed by atoms with Crippen LogP contribution in [0.15, 0.2) is 24.3 Å². The largest absolute Gasteiger partial charge is 0.573 e. The van der Waals surface area contributed by atoms with Crippen molar-refractivity contribution >= 4 is 11.8 Å². The fourth-order valence-electron chi connectivity index (χ4n) is 3.37. The maximum atomic E-state index is 12.6.